The minimum atomic E-state index is -3.51. The Morgan fingerprint density at radius 3 is 2.56 bits per heavy atom. The van der Waals surface area contributed by atoms with Gasteiger partial charge in [-0.1, -0.05) is 0 Å². The molecule has 8 heteroatoms. The maximum atomic E-state index is 11.3. The summed E-state index contributed by atoms with van der Waals surface area (Å²) in [6.07, 6.45) is 1.99. The van der Waals surface area contributed by atoms with Crippen molar-refractivity contribution in [3.8, 4) is 0 Å². The van der Waals surface area contributed by atoms with Crippen molar-refractivity contribution < 1.29 is 8.42 Å². The maximum Gasteiger partial charge on any atom is 0.250 e. The number of nitrogens with one attached hydrogen (secondary N) is 2. The highest BCUT2D eigenvalue weighted by molar-refractivity contribution is 7.90. The molecule has 0 aliphatic rings. The lowest BCUT2D eigenvalue weighted by atomic mass is 10.3. The van der Waals surface area contributed by atoms with Crippen LogP contribution >= 0.6 is 0 Å². The molecule has 1 rings (SSSR count). The molecule has 7 nitrogen and oxygen atoms in total. The first-order chi connectivity index (χ1) is 7.40. The molecule has 88 valence electrons. The Morgan fingerprint density at radius 1 is 1.50 bits per heavy atom. The SMILES string of the molecule is CCNc1nc(S(C)(=O)=O)nc(N)c1C=N. The Hall–Kier alpha value is -1.70. The van der Waals surface area contributed by atoms with Crippen LogP contribution in [-0.4, -0.2) is 37.4 Å². The van der Waals surface area contributed by atoms with E-state index in [0.29, 0.717) is 6.54 Å². The molecule has 0 amide bonds. The molecule has 0 fully saturated rings. The van der Waals surface area contributed by atoms with Crippen molar-refractivity contribution in [1.29, 1.82) is 5.41 Å². The van der Waals surface area contributed by atoms with Crippen molar-refractivity contribution in [1.82, 2.24) is 9.97 Å². The number of aromatic nitrogens is 2. The normalized spacial score (nSPS) is 11.1. The van der Waals surface area contributed by atoms with E-state index in [4.69, 9.17) is 11.1 Å². The molecule has 0 aliphatic heterocycles. The summed E-state index contributed by atoms with van der Waals surface area (Å²) in [5.74, 6) is 0.229. The van der Waals surface area contributed by atoms with Crippen LogP contribution in [0.5, 0.6) is 0 Å². The Bertz CT molecular complexity index is 511. The zero-order valence-electron chi connectivity index (χ0n) is 8.98. The second kappa shape index (κ2) is 4.44. The second-order valence-corrected chi connectivity index (χ2v) is 5.01. The van der Waals surface area contributed by atoms with Gasteiger partial charge in [0.2, 0.25) is 9.84 Å². The predicted octanol–water partition coefficient (Wildman–Crippen LogP) is -0.108. The van der Waals surface area contributed by atoms with Gasteiger partial charge in [-0.25, -0.2) is 18.4 Å². The molecule has 0 saturated heterocycles. The summed E-state index contributed by atoms with van der Waals surface area (Å²) >= 11 is 0. The molecule has 16 heavy (non-hydrogen) atoms. The molecule has 0 unspecified atom stereocenters. The van der Waals surface area contributed by atoms with Crippen LogP contribution in [0.1, 0.15) is 12.5 Å². The largest absolute Gasteiger partial charge is 0.383 e. The second-order valence-electron chi connectivity index (χ2n) is 3.10. The standard InChI is InChI=1S/C8H13N5O2S/c1-3-11-7-5(4-9)6(10)12-8(13-7)16(2,14)15/h4,9H,3H2,1-2H3,(H3,10,11,12,13). The van der Waals surface area contributed by atoms with E-state index < -0.39 is 9.84 Å². The molecular formula is C8H13N5O2S. The van der Waals surface area contributed by atoms with Crippen LogP contribution in [-0.2, 0) is 9.84 Å². The maximum absolute atomic E-state index is 11.3. The average molecular weight is 243 g/mol. The third-order valence-electron chi connectivity index (χ3n) is 1.77. The number of hydrogen-bond donors (Lipinski definition) is 3. The number of rotatable bonds is 4. The van der Waals surface area contributed by atoms with Gasteiger partial charge in [0.15, 0.2) is 0 Å². The zero-order chi connectivity index (χ0) is 12.3. The molecule has 0 atom stereocenters. The monoisotopic (exact) mass is 243 g/mol. The Kier molecular flexibility index (Phi) is 3.43. The molecular weight excluding hydrogens is 230 g/mol. The number of nitrogens with two attached hydrogens (primary N) is 1. The molecule has 0 spiro atoms. The van der Waals surface area contributed by atoms with Crippen molar-refractivity contribution in [2.45, 2.75) is 12.1 Å². The van der Waals surface area contributed by atoms with Gasteiger partial charge < -0.3 is 16.5 Å². The molecule has 4 N–H and O–H groups in total. The first-order valence-corrected chi connectivity index (χ1v) is 6.41. The molecule has 0 bridgehead atoms. The molecule has 0 radical (unpaired) electrons. The van der Waals surface area contributed by atoms with Crippen molar-refractivity contribution in [3.05, 3.63) is 5.56 Å². The van der Waals surface area contributed by atoms with Gasteiger partial charge in [0.05, 0.1) is 5.56 Å². The highest BCUT2D eigenvalue weighted by Gasteiger charge is 2.16. The van der Waals surface area contributed by atoms with Crippen LogP contribution in [0.2, 0.25) is 0 Å². The summed E-state index contributed by atoms with van der Waals surface area (Å²) in [5, 5.41) is 9.65. The fourth-order valence-electron chi connectivity index (χ4n) is 1.08. The van der Waals surface area contributed by atoms with Gasteiger partial charge in [0, 0.05) is 19.0 Å². The fraction of sp³-hybridized carbons (Fsp3) is 0.375. The van der Waals surface area contributed by atoms with Crippen LogP contribution in [0.3, 0.4) is 0 Å². The number of hydrogen-bond acceptors (Lipinski definition) is 7. The molecule has 1 heterocycles. The summed E-state index contributed by atoms with van der Waals surface area (Å²) in [6, 6.07) is 0. The van der Waals surface area contributed by atoms with Gasteiger partial charge >= 0.3 is 0 Å². The minimum absolute atomic E-state index is 0.0265. The first kappa shape index (κ1) is 12.4. The number of anilines is 2. The number of nitrogens with zero attached hydrogens (tertiary/aromatic N) is 2. The van der Waals surface area contributed by atoms with Crippen molar-refractivity contribution in [3.63, 3.8) is 0 Å². The van der Waals surface area contributed by atoms with E-state index in [1.807, 2.05) is 6.92 Å². The number of sulfone groups is 1. The zero-order valence-corrected chi connectivity index (χ0v) is 9.80. The van der Waals surface area contributed by atoms with Gasteiger partial charge in [0.25, 0.3) is 5.16 Å². The predicted molar refractivity (Wildman–Crippen MR) is 61.6 cm³/mol. The molecule has 0 aromatic carbocycles. The van der Waals surface area contributed by atoms with Gasteiger partial charge in [-0.3, -0.25) is 0 Å². The first-order valence-electron chi connectivity index (χ1n) is 4.52. The summed E-state index contributed by atoms with van der Waals surface area (Å²) in [7, 11) is -3.51. The van der Waals surface area contributed by atoms with Crippen LogP contribution in [0.4, 0.5) is 11.6 Å². The Morgan fingerprint density at radius 2 is 2.12 bits per heavy atom. The summed E-state index contributed by atoms with van der Waals surface area (Å²) in [5.41, 5.74) is 5.84. The third kappa shape index (κ3) is 2.45. The molecule has 1 aromatic heterocycles. The Balaban J connectivity index is 3.45. The van der Waals surface area contributed by atoms with Crippen LogP contribution in [0.25, 0.3) is 0 Å². The highest BCUT2D eigenvalue weighted by Crippen LogP contribution is 2.18. The van der Waals surface area contributed by atoms with Gasteiger partial charge in [0.1, 0.15) is 11.6 Å². The lowest BCUT2D eigenvalue weighted by molar-refractivity contribution is 0.593. The lowest BCUT2D eigenvalue weighted by Crippen LogP contribution is -2.13. The highest BCUT2D eigenvalue weighted by atomic mass is 32.2. The fourth-order valence-corrected chi connectivity index (χ4v) is 1.60. The smallest absolute Gasteiger partial charge is 0.250 e. The van der Waals surface area contributed by atoms with E-state index in [2.05, 4.69) is 15.3 Å². The summed E-state index contributed by atoms with van der Waals surface area (Å²) in [6.45, 7) is 2.37. The summed E-state index contributed by atoms with van der Waals surface area (Å²) in [4.78, 5) is 7.47. The van der Waals surface area contributed by atoms with Gasteiger partial charge in [-0.15, -0.1) is 0 Å². The van der Waals surface area contributed by atoms with E-state index >= 15 is 0 Å². The minimum Gasteiger partial charge on any atom is -0.383 e. The van der Waals surface area contributed by atoms with Gasteiger partial charge in [-0.2, -0.15) is 0 Å². The van der Waals surface area contributed by atoms with Gasteiger partial charge in [-0.05, 0) is 6.92 Å². The van der Waals surface area contributed by atoms with Crippen molar-refractivity contribution in [2.75, 3.05) is 23.9 Å². The molecule has 0 aliphatic carbocycles. The van der Waals surface area contributed by atoms with Crippen LogP contribution < -0.4 is 11.1 Å². The lowest BCUT2D eigenvalue weighted by Gasteiger charge is -2.09. The molecule has 1 aromatic rings. The number of nitrogen functional groups attached to an aromatic ring is 1. The Labute approximate surface area is 93.5 Å². The van der Waals surface area contributed by atoms with E-state index in [0.717, 1.165) is 12.5 Å². The van der Waals surface area contributed by atoms with E-state index in [9.17, 15) is 8.42 Å². The third-order valence-corrected chi connectivity index (χ3v) is 2.62. The summed E-state index contributed by atoms with van der Waals surface area (Å²) < 4.78 is 22.6. The molecule has 0 saturated carbocycles. The quantitative estimate of drug-likeness (QED) is 0.501. The van der Waals surface area contributed by atoms with E-state index in [1.165, 1.54) is 0 Å². The average Bonchev–Trinajstić information content (AvgIpc) is 2.16. The van der Waals surface area contributed by atoms with E-state index in [1.54, 1.807) is 0 Å². The van der Waals surface area contributed by atoms with Crippen LogP contribution in [0.15, 0.2) is 5.16 Å². The van der Waals surface area contributed by atoms with E-state index in [-0.39, 0.29) is 22.4 Å². The van der Waals surface area contributed by atoms with Crippen molar-refractivity contribution in [2.24, 2.45) is 0 Å². The van der Waals surface area contributed by atoms with Crippen LogP contribution in [0, 0.1) is 5.41 Å². The topological polar surface area (TPSA) is 122 Å². The van der Waals surface area contributed by atoms with Crippen molar-refractivity contribution >= 4 is 27.7 Å².